The maximum atomic E-state index is 11.9. The van der Waals surface area contributed by atoms with Crippen LogP contribution in [0.1, 0.15) is 32.6 Å². The van der Waals surface area contributed by atoms with E-state index in [0.717, 1.165) is 13.1 Å². The highest BCUT2D eigenvalue weighted by Gasteiger charge is 2.60. The van der Waals surface area contributed by atoms with E-state index in [1.165, 1.54) is 6.39 Å². The van der Waals surface area contributed by atoms with Crippen LogP contribution in [0.25, 0.3) is 0 Å². The van der Waals surface area contributed by atoms with Gasteiger partial charge in [-0.1, -0.05) is 0 Å². The van der Waals surface area contributed by atoms with Crippen molar-refractivity contribution in [2.24, 2.45) is 11.8 Å². The molecule has 0 radical (unpaired) electrons. The first-order valence-electron chi connectivity index (χ1n) is 6.20. The van der Waals surface area contributed by atoms with Crippen molar-refractivity contribution in [3.05, 3.63) is 12.3 Å². The maximum absolute atomic E-state index is 11.9. The van der Waals surface area contributed by atoms with Crippen LogP contribution in [0.4, 0.5) is 4.79 Å². The summed E-state index contributed by atoms with van der Waals surface area (Å²) in [5.74, 6) is 1.95. The number of nitrogens with zero attached hydrogens (tertiary/aromatic N) is 3. The fourth-order valence-electron chi connectivity index (χ4n) is 2.70. The second-order valence-electron chi connectivity index (χ2n) is 6.02. The maximum Gasteiger partial charge on any atom is 0.410 e. The summed E-state index contributed by atoms with van der Waals surface area (Å²) in [5, 5.41) is 7.63. The van der Waals surface area contributed by atoms with Crippen LogP contribution in [0, 0.1) is 11.8 Å². The first-order valence-corrected chi connectivity index (χ1v) is 6.20. The molecule has 1 saturated carbocycles. The number of carbonyl (C=O) groups is 1. The minimum absolute atomic E-state index is 0.223. The van der Waals surface area contributed by atoms with Gasteiger partial charge in [0.05, 0.1) is 0 Å². The van der Waals surface area contributed by atoms with Gasteiger partial charge in [0.15, 0.2) is 0 Å². The van der Waals surface area contributed by atoms with Crippen molar-refractivity contribution in [3.63, 3.8) is 0 Å². The van der Waals surface area contributed by atoms with Crippen molar-refractivity contribution in [2.45, 2.75) is 32.3 Å². The van der Waals surface area contributed by atoms with E-state index in [4.69, 9.17) is 9.15 Å². The van der Waals surface area contributed by atoms with Gasteiger partial charge in [-0.2, -0.15) is 0 Å². The van der Waals surface area contributed by atoms with E-state index >= 15 is 0 Å². The van der Waals surface area contributed by atoms with Gasteiger partial charge in [0, 0.05) is 19.0 Å². The molecule has 1 aromatic rings. The normalized spacial score (nSPS) is 30.2. The quantitative estimate of drug-likeness (QED) is 0.759. The lowest BCUT2D eigenvalue weighted by Crippen LogP contribution is -2.36. The van der Waals surface area contributed by atoms with Crippen molar-refractivity contribution in [1.82, 2.24) is 15.1 Å². The smallest absolute Gasteiger partial charge is 0.410 e. The summed E-state index contributed by atoms with van der Waals surface area (Å²) >= 11 is 0. The summed E-state index contributed by atoms with van der Waals surface area (Å²) in [6.07, 6.45) is 1.13. The third kappa shape index (κ3) is 1.95. The van der Waals surface area contributed by atoms with Crippen molar-refractivity contribution in [1.29, 1.82) is 0 Å². The monoisotopic (exact) mass is 251 g/mol. The molecular weight excluding hydrogens is 234 g/mol. The van der Waals surface area contributed by atoms with Crippen LogP contribution in [-0.4, -0.2) is 39.9 Å². The average molecular weight is 251 g/mol. The van der Waals surface area contributed by atoms with Gasteiger partial charge in [-0.15, -0.1) is 10.2 Å². The zero-order valence-electron chi connectivity index (χ0n) is 10.8. The largest absolute Gasteiger partial charge is 0.444 e. The van der Waals surface area contributed by atoms with Crippen LogP contribution in [0.5, 0.6) is 0 Å². The first kappa shape index (κ1) is 11.5. The van der Waals surface area contributed by atoms with Crippen LogP contribution >= 0.6 is 0 Å². The molecule has 1 aliphatic heterocycles. The molecule has 0 bridgehead atoms. The van der Waals surface area contributed by atoms with Crippen LogP contribution in [0.2, 0.25) is 0 Å². The highest BCUT2D eigenvalue weighted by Crippen LogP contribution is 2.57. The van der Waals surface area contributed by atoms with Crippen molar-refractivity contribution in [2.75, 3.05) is 13.1 Å². The molecule has 6 nitrogen and oxygen atoms in total. The Labute approximate surface area is 105 Å². The van der Waals surface area contributed by atoms with Gasteiger partial charge in [-0.25, -0.2) is 4.79 Å². The van der Waals surface area contributed by atoms with Gasteiger partial charge in [0.1, 0.15) is 5.60 Å². The molecule has 1 aliphatic carbocycles. The molecule has 1 aromatic heterocycles. The number of amides is 1. The molecule has 98 valence electrons. The summed E-state index contributed by atoms with van der Waals surface area (Å²) in [6.45, 7) is 7.09. The van der Waals surface area contributed by atoms with Crippen molar-refractivity contribution in [3.8, 4) is 0 Å². The first-order chi connectivity index (χ1) is 8.46. The van der Waals surface area contributed by atoms with E-state index in [1.54, 1.807) is 4.90 Å². The third-order valence-electron chi connectivity index (χ3n) is 3.51. The number of fused-ring (bicyclic) bond motifs is 1. The average Bonchev–Trinajstić information content (AvgIpc) is 2.76. The topological polar surface area (TPSA) is 68.5 Å². The highest BCUT2D eigenvalue weighted by molar-refractivity contribution is 5.69. The van der Waals surface area contributed by atoms with E-state index in [-0.39, 0.29) is 6.09 Å². The Kier molecular flexibility index (Phi) is 2.36. The van der Waals surface area contributed by atoms with Gasteiger partial charge in [-0.05, 0) is 32.6 Å². The molecule has 6 heteroatoms. The zero-order valence-corrected chi connectivity index (χ0v) is 10.8. The Balaban J connectivity index is 1.56. The van der Waals surface area contributed by atoms with Crippen LogP contribution in [0.3, 0.4) is 0 Å². The Morgan fingerprint density at radius 2 is 2.11 bits per heavy atom. The Hall–Kier alpha value is -1.59. The molecule has 0 N–H and O–H groups in total. The highest BCUT2D eigenvalue weighted by atomic mass is 16.6. The van der Waals surface area contributed by atoms with E-state index in [2.05, 4.69) is 10.2 Å². The number of rotatable bonds is 1. The van der Waals surface area contributed by atoms with Crippen LogP contribution < -0.4 is 0 Å². The van der Waals surface area contributed by atoms with Crippen molar-refractivity contribution < 1.29 is 13.9 Å². The number of aromatic nitrogens is 2. The van der Waals surface area contributed by atoms with Crippen molar-refractivity contribution >= 4 is 6.09 Å². The summed E-state index contributed by atoms with van der Waals surface area (Å²) in [7, 11) is 0. The number of likely N-dealkylation sites (tertiary alicyclic amines) is 1. The third-order valence-corrected chi connectivity index (χ3v) is 3.51. The van der Waals surface area contributed by atoms with Gasteiger partial charge in [-0.3, -0.25) is 0 Å². The Morgan fingerprint density at radius 1 is 1.44 bits per heavy atom. The molecular formula is C12H17N3O3. The predicted molar refractivity (Wildman–Crippen MR) is 61.8 cm³/mol. The molecule has 1 saturated heterocycles. The molecule has 2 fully saturated rings. The molecule has 18 heavy (non-hydrogen) atoms. The molecule has 3 rings (SSSR count). The number of ether oxygens (including phenoxy) is 1. The molecule has 2 heterocycles. The summed E-state index contributed by atoms with van der Waals surface area (Å²) in [5.41, 5.74) is -0.435. The lowest BCUT2D eigenvalue weighted by Gasteiger charge is -2.25. The van der Waals surface area contributed by atoms with Crippen LogP contribution in [0.15, 0.2) is 10.8 Å². The molecule has 0 unspecified atom stereocenters. The van der Waals surface area contributed by atoms with Gasteiger partial charge < -0.3 is 14.1 Å². The van der Waals surface area contributed by atoms with Gasteiger partial charge >= 0.3 is 6.09 Å². The van der Waals surface area contributed by atoms with Gasteiger partial charge in [0.25, 0.3) is 0 Å². The van der Waals surface area contributed by atoms with E-state index in [1.807, 2.05) is 20.8 Å². The number of carbonyl (C=O) groups excluding carboxylic acids is 1. The van der Waals surface area contributed by atoms with E-state index in [9.17, 15) is 4.79 Å². The molecule has 3 atom stereocenters. The fraction of sp³-hybridized carbons (Fsp3) is 0.750. The Bertz CT molecular complexity index is 440. The summed E-state index contributed by atoms with van der Waals surface area (Å²) in [6, 6.07) is 0. The van der Waals surface area contributed by atoms with E-state index in [0.29, 0.717) is 23.6 Å². The second kappa shape index (κ2) is 3.70. The zero-order chi connectivity index (χ0) is 12.9. The molecule has 2 aliphatic rings. The minimum atomic E-state index is -0.435. The van der Waals surface area contributed by atoms with Crippen LogP contribution in [-0.2, 0) is 4.74 Å². The SMILES string of the molecule is CC(C)(C)OC(=O)N1C[C@@H]2[C@H](C1)[C@H]2c1nnco1. The molecule has 0 aromatic carbocycles. The standard InChI is InChI=1S/C12H17N3O3/c1-12(2,3)18-11(16)15-4-7-8(5-15)9(7)10-14-13-6-17-10/h6-9H,4-5H2,1-3H3/t7-,8+,9+. The minimum Gasteiger partial charge on any atom is -0.444 e. The van der Waals surface area contributed by atoms with Gasteiger partial charge in [0.2, 0.25) is 12.3 Å². The summed E-state index contributed by atoms with van der Waals surface area (Å²) < 4.78 is 10.6. The fourth-order valence-corrected chi connectivity index (χ4v) is 2.70. The van der Waals surface area contributed by atoms with E-state index < -0.39 is 5.60 Å². The number of piperidine rings is 1. The molecule has 1 amide bonds. The summed E-state index contributed by atoms with van der Waals surface area (Å²) in [4.78, 5) is 13.6. The Morgan fingerprint density at radius 3 is 2.61 bits per heavy atom. The number of hydrogen-bond donors (Lipinski definition) is 0. The second-order valence-corrected chi connectivity index (χ2v) is 6.02. The number of hydrogen-bond acceptors (Lipinski definition) is 5. The lowest BCUT2D eigenvalue weighted by molar-refractivity contribution is 0.0269. The lowest BCUT2D eigenvalue weighted by atomic mass is 10.2. The molecule has 0 spiro atoms. The predicted octanol–water partition coefficient (Wildman–Crippen LogP) is 1.65.